The molecule has 1 heterocycles. The number of rotatable bonds is 5. The lowest BCUT2D eigenvalue weighted by molar-refractivity contribution is 0.133. The highest BCUT2D eigenvalue weighted by Crippen LogP contribution is 2.33. The van der Waals surface area contributed by atoms with E-state index in [1.54, 1.807) is 36.4 Å². The fraction of sp³-hybridized carbons (Fsp3) is 0.308. The average molecular weight is 503 g/mol. The molecule has 0 amide bonds. The van der Waals surface area contributed by atoms with Crippen molar-refractivity contribution < 1.29 is 17.9 Å². The summed E-state index contributed by atoms with van der Waals surface area (Å²) in [5.41, 5.74) is 3.96. The van der Waals surface area contributed by atoms with E-state index >= 15 is 0 Å². The highest BCUT2D eigenvalue weighted by molar-refractivity contribution is 7.92. The van der Waals surface area contributed by atoms with Crippen LogP contribution in [-0.2, 0) is 22.9 Å². The average Bonchev–Trinajstić information content (AvgIpc) is 2.96. The summed E-state index contributed by atoms with van der Waals surface area (Å²) < 4.78 is 41.7. The molecule has 3 aromatic rings. The van der Waals surface area contributed by atoms with Gasteiger partial charge in [-0.1, -0.05) is 30.7 Å². The quantitative estimate of drug-likeness (QED) is 0.460. The molecule has 0 atom stereocenters. The van der Waals surface area contributed by atoms with Crippen LogP contribution in [-0.4, -0.2) is 37.6 Å². The number of halogens is 2. The fourth-order valence-electron chi connectivity index (χ4n) is 4.65. The van der Waals surface area contributed by atoms with Crippen LogP contribution in [0.5, 0.6) is 5.75 Å². The molecular formula is C26H28ClFN2O3S. The van der Waals surface area contributed by atoms with Gasteiger partial charge in [0.25, 0.3) is 10.0 Å². The second-order valence-corrected chi connectivity index (χ2v) is 10.6. The predicted octanol–water partition coefficient (Wildman–Crippen LogP) is 5.37. The standard InChI is InChI=1S/C26H27FN2O3S.ClH/c27-22-8-4-18(5-9-22)19-6-10-24(11-7-19)33(31,32)28-25-16-20-12-14-29(23-2-1-3-23)15-13-21(20)17-26(25)30;/h4-11,16-17,23,28,30H,1-3,12-15H2;1H. The number of hydrogen-bond donors (Lipinski definition) is 2. The van der Waals surface area contributed by atoms with Crippen LogP contribution in [0.15, 0.2) is 65.6 Å². The third-order valence-electron chi connectivity index (χ3n) is 6.83. The van der Waals surface area contributed by atoms with Gasteiger partial charge in [0.15, 0.2) is 0 Å². The van der Waals surface area contributed by atoms with E-state index in [1.165, 1.54) is 43.5 Å². The molecule has 8 heteroatoms. The third kappa shape index (κ3) is 5.06. The molecule has 1 aliphatic heterocycles. The summed E-state index contributed by atoms with van der Waals surface area (Å²) in [7, 11) is -3.88. The van der Waals surface area contributed by atoms with Gasteiger partial charge in [0.1, 0.15) is 11.6 Å². The molecule has 0 saturated heterocycles. The van der Waals surface area contributed by atoms with E-state index in [4.69, 9.17) is 0 Å². The number of fused-ring (bicyclic) bond motifs is 1. The molecule has 5 nitrogen and oxygen atoms in total. The summed E-state index contributed by atoms with van der Waals surface area (Å²) >= 11 is 0. The Morgan fingerprint density at radius 3 is 2.00 bits per heavy atom. The molecule has 0 unspecified atom stereocenters. The molecule has 0 spiro atoms. The van der Waals surface area contributed by atoms with Crippen LogP contribution in [0.2, 0.25) is 0 Å². The van der Waals surface area contributed by atoms with Gasteiger partial charge >= 0.3 is 0 Å². The SMILES string of the molecule is Cl.O=S(=O)(Nc1cc2c(cc1O)CCN(C1CCC1)CC2)c1ccc(-c2ccc(F)cc2)cc1. The van der Waals surface area contributed by atoms with Crippen molar-refractivity contribution in [3.8, 4) is 16.9 Å². The van der Waals surface area contributed by atoms with Gasteiger partial charge in [-0.05, 0) is 84.3 Å². The lowest BCUT2D eigenvalue weighted by atomic mass is 9.91. The zero-order valence-corrected chi connectivity index (χ0v) is 20.3. The second kappa shape index (κ2) is 9.94. The van der Waals surface area contributed by atoms with Gasteiger partial charge in [0.05, 0.1) is 10.6 Å². The summed E-state index contributed by atoms with van der Waals surface area (Å²) in [6, 6.07) is 16.6. The number of anilines is 1. The molecule has 0 radical (unpaired) electrons. The summed E-state index contributed by atoms with van der Waals surface area (Å²) in [4.78, 5) is 2.62. The molecule has 1 saturated carbocycles. The van der Waals surface area contributed by atoms with Crippen molar-refractivity contribution >= 4 is 28.1 Å². The minimum Gasteiger partial charge on any atom is -0.506 e. The number of phenols is 1. The Balaban J connectivity index is 0.00000274. The van der Waals surface area contributed by atoms with Gasteiger partial charge in [0, 0.05) is 19.1 Å². The number of nitrogens with zero attached hydrogens (tertiary/aromatic N) is 1. The maximum Gasteiger partial charge on any atom is 0.262 e. The number of benzene rings is 3. The monoisotopic (exact) mass is 502 g/mol. The van der Waals surface area contributed by atoms with Gasteiger partial charge in [0.2, 0.25) is 0 Å². The zero-order chi connectivity index (χ0) is 23.0. The molecule has 180 valence electrons. The minimum absolute atomic E-state index is 0. The number of phenolic OH excluding ortho intramolecular Hbond substituents is 1. The zero-order valence-electron chi connectivity index (χ0n) is 18.7. The molecule has 34 heavy (non-hydrogen) atoms. The molecule has 0 aromatic heterocycles. The van der Waals surface area contributed by atoms with E-state index in [2.05, 4.69) is 9.62 Å². The number of nitrogens with one attached hydrogen (secondary N) is 1. The normalized spacial score (nSPS) is 16.6. The minimum atomic E-state index is -3.88. The molecule has 1 fully saturated rings. The lowest BCUT2D eigenvalue weighted by Gasteiger charge is -2.36. The van der Waals surface area contributed by atoms with Gasteiger partial charge in [-0.25, -0.2) is 12.8 Å². The second-order valence-electron chi connectivity index (χ2n) is 8.90. The van der Waals surface area contributed by atoms with E-state index in [1.807, 2.05) is 0 Å². The smallest absolute Gasteiger partial charge is 0.262 e. The van der Waals surface area contributed by atoms with E-state index in [0.717, 1.165) is 48.2 Å². The predicted molar refractivity (Wildman–Crippen MR) is 135 cm³/mol. The maximum atomic E-state index is 13.2. The van der Waals surface area contributed by atoms with Crippen molar-refractivity contribution in [1.29, 1.82) is 0 Å². The van der Waals surface area contributed by atoms with Crippen molar-refractivity contribution in [3.63, 3.8) is 0 Å². The Labute approximate surface area is 206 Å². The molecule has 2 N–H and O–H groups in total. The molecule has 1 aliphatic carbocycles. The summed E-state index contributed by atoms with van der Waals surface area (Å²) in [5, 5.41) is 10.5. The largest absolute Gasteiger partial charge is 0.506 e. The van der Waals surface area contributed by atoms with Crippen LogP contribution in [0.1, 0.15) is 30.4 Å². The topological polar surface area (TPSA) is 69.6 Å². The Morgan fingerprint density at radius 2 is 1.44 bits per heavy atom. The molecule has 3 aromatic carbocycles. The van der Waals surface area contributed by atoms with Crippen LogP contribution in [0.4, 0.5) is 10.1 Å². The Morgan fingerprint density at radius 1 is 0.882 bits per heavy atom. The lowest BCUT2D eigenvalue weighted by Crippen LogP contribution is -2.41. The van der Waals surface area contributed by atoms with Crippen molar-refractivity contribution in [1.82, 2.24) is 4.90 Å². The summed E-state index contributed by atoms with van der Waals surface area (Å²) in [6.07, 6.45) is 5.51. The van der Waals surface area contributed by atoms with Crippen molar-refractivity contribution in [2.24, 2.45) is 0 Å². The van der Waals surface area contributed by atoms with Gasteiger partial charge in [-0.3, -0.25) is 9.62 Å². The third-order valence-corrected chi connectivity index (χ3v) is 8.21. The number of hydrogen-bond acceptors (Lipinski definition) is 4. The van der Waals surface area contributed by atoms with E-state index in [9.17, 15) is 17.9 Å². The Kier molecular flexibility index (Phi) is 7.17. The van der Waals surface area contributed by atoms with Crippen LogP contribution in [0.3, 0.4) is 0 Å². The molecule has 0 bridgehead atoms. The molecule has 2 aliphatic rings. The van der Waals surface area contributed by atoms with Crippen LogP contribution < -0.4 is 4.72 Å². The van der Waals surface area contributed by atoms with Gasteiger partial charge < -0.3 is 5.11 Å². The first-order valence-corrected chi connectivity index (χ1v) is 12.8. The fourth-order valence-corrected chi connectivity index (χ4v) is 5.72. The number of sulfonamides is 1. The summed E-state index contributed by atoms with van der Waals surface area (Å²) in [5.74, 6) is -0.379. The van der Waals surface area contributed by atoms with Crippen LogP contribution >= 0.6 is 12.4 Å². The number of aromatic hydroxyl groups is 1. The van der Waals surface area contributed by atoms with E-state index < -0.39 is 10.0 Å². The molecular weight excluding hydrogens is 475 g/mol. The Bertz CT molecular complexity index is 1260. The highest BCUT2D eigenvalue weighted by Gasteiger charge is 2.27. The molecule has 5 rings (SSSR count). The van der Waals surface area contributed by atoms with Gasteiger partial charge in [-0.15, -0.1) is 12.4 Å². The first kappa shape index (κ1) is 24.5. The van der Waals surface area contributed by atoms with Crippen LogP contribution in [0, 0.1) is 5.82 Å². The highest BCUT2D eigenvalue weighted by atomic mass is 35.5. The van der Waals surface area contributed by atoms with Crippen molar-refractivity contribution in [3.05, 3.63) is 77.6 Å². The maximum absolute atomic E-state index is 13.2. The van der Waals surface area contributed by atoms with Crippen molar-refractivity contribution in [2.45, 2.75) is 43.0 Å². The van der Waals surface area contributed by atoms with Crippen molar-refractivity contribution in [2.75, 3.05) is 17.8 Å². The van der Waals surface area contributed by atoms with E-state index in [0.29, 0.717) is 6.04 Å². The Hall–Kier alpha value is -2.61. The first-order chi connectivity index (χ1) is 15.9. The summed E-state index contributed by atoms with van der Waals surface area (Å²) in [6.45, 7) is 1.93. The first-order valence-electron chi connectivity index (χ1n) is 11.4. The van der Waals surface area contributed by atoms with Gasteiger partial charge in [-0.2, -0.15) is 0 Å². The van der Waals surface area contributed by atoms with E-state index in [-0.39, 0.29) is 34.6 Å². The van der Waals surface area contributed by atoms with Crippen LogP contribution in [0.25, 0.3) is 11.1 Å².